The highest BCUT2D eigenvalue weighted by molar-refractivity contribution is 5.75. The van der Waals surface area contributed by atoms with Gasteiger partial charge in [0.1, 0.15) is 11.4 Å². The SMILES string of the molecule is O=Cc1nc(-c2ccccn2)[nH]c1C(F)(F)F. The van der Waals surface area contributed by atoms with Crippen molar-refractivity contribution in [3.8, 4) is 11.5 Å². The Labute approximate surface area is 93.5 Å². The van der Waals surface area contributed by atoms with E-state index in [1.807, 2.05) is 0 Å². The number of hydrogen-bond acceptors (Lipinski definition) is 3. The quantitative estimate of drug-likeness (QED) is 0.820. The molecule has 0 amide bonds. The van der Waals surface area contributed by atoms with E-state index in [0.29, 0.717) is 0 Å². The minimum absolute atomic E-state index is 0.0613. The van der Waals surface area contributed by atoms with Crippen LogP contribution in [-0.4, -0.2) is 21.2 Å². The maximum atomic E-state index is 12.5. The number of aldehydes is 1. The fourth-order valence-corrected chi connectivity index (χ4v) is 1.31. The maximum Gasteiger partial charge on any atom is 0.433 e. The molecule has 17 heavy (non-hydrogen) atoms. The third-order valence-electron chi connectivity index (χ3n) is 2.03. The Hall–Kier alpha value is -2.18. The molecule has 2 aromatic heterocycles. The molecule has 0 aliphatic carbocycles. The number of carbonyl (C=O) groups excluding carboxylic acids is 1. The van der Waals surface area contributed by atoms with Crippen molar-refractivity contribution in [3.63, 3.8) is 0 Å². The van der Waals surface area contributed by atoms with E-state index < -0.39 is 17.6 Å². The zero-order valence-corrected chi connectivity index (χ0v) is 8.32. The summed E-state index contributed by atoms with van der Waals surface area (Å²) < 4.78 is 37.5. The van der Waals surface area contributed by atoms with E-state index in [0.717, 1.165) is 0 Å². The van der Waals surface area contributed by atoms with Crippen LogP contribution in [0.15, 0.2) is 24.4 Å². The zero-order valence-electron chi connectivity index (χ0n) is 8.32. The topological polar surface area (TPSA) is 58.6 Å². The van der Waals surface area contributed by atoms with Gasteiger partial charge in [-0.15, -0.1) is 0 Å². The number of aromatic nitrogens is 3. The van der Waals surface area contributed by atoms with Gasteiger partial charge < -0.3 is 4.98 Å². The Bertz CT molecular complexity index is 533. The number of H-pyrrole nitrogens is 1. The Balaban J connectivity index is 2.53. The van der Waals surface area contributed by atoms with Gasteiger partial charge in [0.05, 0.1) is 0 Å². The van der Waals surface area contributed by atoms with E-state index in [1.54, 1.807) is 12.1 Å². The molecule has 1 N–H and O–H groups in total. The number of nitrogens with zero attached hydrogens (tertiary/aromatic N) is 2. The molecule has 2 heterocycles. The highest BCUT2D eigenvalue weighted by Gasteiger charge is 2.36. The molecule has 0 aliphatic heterocycles. The minimum Gasteiger partial charge on any atom is -0.333 e. The van der Waals surface area contributed by atoms with Crippen LogP contribution >= 0.6 is 0 Å². The highest BCUT2D eigenvalue weighted by atomic mass is 19.4. The predicted octanol–water partition coefficient (Wildman–Crippen LogP) is 2.30. The fourth-order valence-electron chi connectivity index (χ4n) is 1.31. The van der Waals surface area contributed by atoms with E-state index in [1.165, 1.54) is 12.3 Å². The van der Waals surface area contributed by atoms with Gasteiger partial charge in [0.25, 0.3) is 0 Å². The summed E-state index contributed by atoms with van der Waals surface area (Å²) >= 11 is 0. The first-order chi connectivity index (χ1) is 8.02. The van der Waals surface area contributed by atoms with Gasteiger partial charge in [-0.3, -0.25) is 9.78 Å². The molecule has 2 aromatic rings. The highest BCUT2D eigenvalue weighted by Crippen LogP contribution is 2.31. The van der Waals surface area contributed by atoms with Crippen molar-refractivity contribution < 1.29 is 18.0 Å². The van der Waals surface area contributed by atoms with E-state index >= 15 is 0 Å². The number of nitrogens with one attached hydrogen (secondary N) is 1. The lowest BCUT2D eigenvalue weighted by atomic mass is 10.3. The Kier molecular flexibility index (Phi) is 2.66. The summed E-state index contributed by atoms with van der Waals surface area (Å²) in [6.07, 6.45) is -3.16. The molecule has 0 fully saturated rings. The van der Waals surface area contributed by atoms with Crippen molar-refractivity contribution in [1.29, 1.82) is 0 Å². The van der Waals surface area contributed by atoms with Crippen LogP contribution in [-0.2, 0) is 6.18 Å². The summed E-state index contributed by atoms with van der Waals surface area (Å²) in [5.74, 6) is -0.0833. The van der Waals surface area contributed by atoms with E-state index in [4.69, 9.17) is 0 Å². The van der Waals surface area contributed by atoms with Crippen molar-refractivity contribution in [1.82, 2.24) is 15.0 Å². The van der Waals surface area contributed by atoms with Crippen molar-refractivity contribution >= 4 is 6.29 Å². The lowest BCUT2D eigenvalue weighted by molar-refractivity contribution is -0.141. The molecular formula is C10H6F3N3O. The van der Waals surface area contributed by atoms with Gasteiger partial charge in [-0.05, 0) is 12.1 Å². The zero-order chi connectivity index (χ0) is 12.5. The minimum atomic E-state index is -4.64. The Morgan fingerprint density at radius 2 is 2.06 bits per heavy atom. The molecule has 0 bridgehead atoms. The lowest BCUT2D eigenvalue weighted by Crippen LogP contribution is -2.08. The van der Waals surface area contributed by atoms with Crippen LogP contribution in [0.25, 0.3) is 11.5 Å². The van der Waals surface area contributed by atoms with Crippen LogP contribution in [0.4, 0.5) is 13.2 Å². The number of rotatable bonds is 2. The maximum absolute atomic E-state index is 12.5. The second-order valence-corrected chi connectivity index (χ2v) is 3.18. The van der Waals surface area contributed by atoms with Crippen LogP contribution < -0.4 is 0 Å². The van der Waals surface area contributed by atoms with Crippen LogP contribution in [0, 0.1) is 0 Å². The first-order valence-corrected chi connectivity index (χ1v) is 4.56. The van der Waals surface area contributed by atoms with Crippen molar-refractivity contribution in [2.24, 2.45) is 0 Å². The number of imidazole rings is 1. The molecule has 88 valence electrons. The average molecular weight is 241 g/mol. The molecule has 0 saturated carbocycles. The molecule has 0 atom stereocenters. The molecule has 0 aromatic carbocycles. The second-order valence-electron chi connectivity index (χ2n) is 3.18. The molecule has 0 unspecified atom stereocenters. The van der Waals surface area contributed by atoms with Gasteiger partial charge in [0, 0.05) is 6.20 Å². The molecule has 0 saturated heterocycles. The largest absolute Gasteiger partial charge is 0.433 e. The van der Waals surface area contributed by atoms with Crippen molar-refractivity contribution in [2.75, 3.05) is 0 Å². The first-order valence-electron chi connectivity index (χ1n) is 4.56. The van der Waals surface area contributed by atoms with E-state index in [-0.39, 0.29) is 17.8 Å². The number of aromatic amines is 1. The number of alkyl halides is 3. The Morgan fingerprint density at radius 3 is 2.53 bits per heavy atom. The first kappa shape index (κ1) is 11.3. The Morgan fingerprint density at radius 1 is 1.29 bits per heavy atom. The van der Waals surface area contributed by atoms with Gasteiger partial charge in [0.15, 0.2) is 17.8 Å². The van der Waals surface area contributed by atoms with Crippen LogP contribution in [0.2, 0.25) is 0 Å². The summed E-state index contributed by atoms with van der Waals surface area (Å²) in [6, 6.07) is 4.73. The summed E-state index contributed by atoms with van der Waals surface area (Å²) in [5, 5.41) is 0. The smallest absolute Gasteiger partial charge is 0.333 e. The van der Waals surface area contributed by atoms with E-state index in [9.17, 15) is 18.0 Å². The number of hydrogen-bond donors (Lipinski definition) is 1. The molecule has 0 spiro atoms. The molecular weight excluding hydrogens is 235 g/mol. The number of halogens is 3. The third kappa shape index (κ3) is 2.17. The van der Waals surface area contributed by atoms with Gasteiger partial charge in [-0.1, -0.05) is 6.07 Å². The summed E-state index contributed by atoms with van der Waals surface area (Å²) in [6.45, 7) is 0. The third-order valence-corrected chi connectivity index (χ3v) is 2.03. The second kappa shape index (κ2) is 4.00. The van der Waals surface area contributed by atoms with E-state index in [2.05, 4.69) is 15.0 Å². The molecule has 7 heteroatoms. The molecule has 4 nitrogen and oxygen atoms in total. The summed E-state index contributed by atoms with van der Waals surface area (Å²) in [5.41, 5.74) is -1.59. The number of pyridine rings is 1. The van der Waals surface area contributed by atoms with Crippen molar-refractivity contribution in [2.45, 2.75) is 6.18 Å². The van der Waals surface area contributed by atoms with Gasteiger partial charge in [0.2, 0.25) is 0 Å². The van der Waals surface area contributed by atoms with Crippen molar-refractivity contribution in [3.05, 3.63) is 35.8 Å². The van der Waals surface area contributed by atoms with Gasteiger partial charge in [-0.25, -0.2) is 4.98 Å². The molecule has 0 radical (unpaired) electrons. The van der Waals surface area contributed by atoms with Gasteiger partial charge >= 0.3 is 6.18 Å². The fraction of sp³-hybridized carbons (Fsp3) is 0.100. The monoisotopic (exact) mass is 241 g/mol. The van der Waals surface area contributed by atoms with Gasteiger partial charge in [-0.2, -0.15) is 13.2 Å². The number of carbonyl (C=O) groups is 1. The lowest BCUT2D eigenvalue weighted by Gasteiger charge is -2.02. The normalized spacial score (nSPS) is 11.5. The standard InChI is InChI=1S/C10H6F3N3O/c11-10(12,13)8-7(5-17)15-9(16-8)6-3-1-2-4-14-6/h1-5H,(H,15,16). The summed E-state index contributed by atoms with van der Waals surface area (Å²) in [4.78, 5) is 20.0. The molecule has 0 aliphatic rings. The van der Waals surface area contributed by atoms with Crippen LogP contribution in [0.5, 0.6) is 0 Å². The molecule has 2 rings (SSSR count). The van der Waals surface area contributed by atoms with Crippen LogP contribution in [0.1, 0.15) is 16.2 Å². The van der Waals surface area contributed by atoms with Crippen LogP contribution in [0.3, 0.4) is 0 Å². The predicted molar refractivity (Wildman–Crippen MR) is 52.2 cm³/mol. The summed E-state index contributed by atoms with van der Waals surface area (Å²) in [7, 11) is 0. The average Bonchev–Trinajstić information content (AvgIpc) is 2.74.